The van der Waals surface area contributed by atoms with E-state index in [1.807, 2.05) is 19.9 Å². The number of anilines is 1. The number of carbonyl (C=O) groups is 2. The number of fused-ring (bicyclic) bond motifs is 1. The molecule has 7 nitrogen and oxygen atoms in total. The molecule has 0 spiro atoms. The monoisotopic (exact) mass is 364 g/mol. The molecule has 7 heteroatoms. The highest BCUT2D eigenvalue weighted by Crippen LogP contribution is 2.34. The van der Waals surface area contributed by atoms with Crippen LogP contribution in [0.1, 0.15) is 35.6 Å². The molecule has 3 rings (SSSR count). The van der Waals surface area contributed by atoms with Gasteiger partial charge in [-0.25, -0.2) is 14.8 Å². The summed E-state index contributed by atoms with van der Waals surface area (Å²) >= 11 is 0. The van der Waals surface area contributed by atoms with Gasteiger partial charge >= 0.3 is 5.97 Å². The van der Waals surface area contributed by atoms with Gasteiger partial charge in [-0.2, -0.15) is 0 Å². The number of nitrogens with zero attached hydrogens (tertiary/aromatic N) is 2. The highest BCUT2D eigenvalue weighted by molar-refractivity contribution is 6.08. The lowest BCUT2D eigenvalue weighted by Gasteiger charge is -2.14. The minimum Gasteiger partial charge on any atom is -0.478 e. The summed E-state index contributed by atoms with van der Waals surface area (Å²) in [4.78, 5) is 35.6. The first-order chi connectivity index (χ1) is 12.8. The molecule has 0 fully saturated rings. The van der Waals surface area contributed by atoms with E-state index in [1.54, 1.807) is 19.1 Å². The summed E-state index contributed by atoms with van der Waals surface area (Å²) < 4.78 is 0. The van der Waals surface area contributed by atoms with Crippen LogP contribution in [0.2, 0.25) is 0 Å². The van der Waals surface area contributed by atoms with Crippen molar-refractivity contribution >= 4 is 28.6 Å². The van der Waals surface area contributed by atoms with Crippen molar-refractivity contribution < 1.29 is 14.7 Å². The molecule has 1 aromatic carbocycles. The average molecular weight is 364 g/mol. The molecule has 0 aliphatic carbocycles. The van der Waals surface area contributed by atoms with Gasteiger partial charge in [0.15, 0.2) is 0 Å². The number of aryl methyl sites for hydroxylation is 1. The van der Waals surface area contributed by atoms with E-state index >= 15 is 0 Å². The molecule has 0 unspecified atom stereocenters. The van der Waals surface area contributed by atoms with Crippen LogP contribution in [0.4, 0.5) is 5.69 Å². The quantitative estimate of drug-likeness (QED) is 0.598. The van der Waals surface area contributed by atoms with Crippen LogP contribution in [0, 0.1) is 6.92 Å². The first-order valence-electron chi connectivity index (χ1n) is 8.51. The summed E-state index contributed by atoms with van der Waals surface area (Å²) in [5.41, 5.74) is 3.65. The van der Waals surface area contributed by atoms with E-state index in [1.165, 1.54) is 6.20 Å². The third-order valence-corrected chi connectivity index (χ3v) is 4.35. The number of hydrogen-bond acceptors (Lipinski definition) is 4. The second kappa shape index (κ2) is 7.03. The number of benzene rings is 1. The second-order valence-electron chi connectivity index (χ2n) is 6.29. The topological polar surface area (TPSA) is 108 Å². The Labute approximate surface area is 156 Å². The SMILES string of the molecule is C=C(C)C(=O)Nc1cccc(-c2nc(CC)nc3[nH]cc(C(=O)O)c23)c1C. The first kappa shape index (κ1) is 18.3. The van der Waals surface area contributed by atoms with E-state index in [9.17, 15) is 14.7 Å². The Morgan fingerprint density at radius 2 is 2.04 bits per heavy atom. The first-order valence-corrected chi connectivity index (χ1v) is 8.51. The Hall–Kier alpha value is -3.48. The maximum absolute atomic E-state index is 12.0. The van der Waals surface area contributed by atoms with Crippen LogP contribution in [0.5, 0.6) is 0 Å². The fourth-order valence-electron chi connectivity index (χ4n) is 2.86. The van der Waals surface area contributed by atoms with Crippen LogP contribution >= 0.6 is 0 Å². The van der Waals surface area contributed by atoms with Crippen molar-refractivity contribution in [2.75, 3.05) is 5.32 Å². The lowest BCUT2D eigenvalue weighted by atomic mass is 9.99. The molecule has 0 atom stereocenters. The minimum atomic E-state index is -1.06. The number of rotatable bonds is 5. The number of aromatic amines is 1. The van der Waals surface area contributed by atoms with Gasteiger partial charge in [-0.1, -0.05) is 25.6 Å². The van der Waals surface area contributed by atoms with Crippen molar-refractivity contribution in [3.63, 3.8) is 0 Å². The van der Waals surface area contributed by atoms with Gasteiger partial charge in [0.1, 0.15) is 11.5 Å². The standard InChI is InChI=1S/C20H20N4O3/c1-5-15-23-17(16-13(20(26)27)9-21-18(16)24-15)12-7-6-8-14(11(12)4)22-19(25)10(2)3/h6-9H,2,5H2,1,3-4H3,(H,22,25)(H,26,27)(H,21,23,24). The van der Waals surface area contributed by atoms with E-state index < -0.39 is 5.97 Å². The van der Waals surface area contributed by atoms with Gasteiger partial charge in [-0.3, -0.25) is 4.79 Å². The molecule has 0 saturated heterocycles. The zero-order chi connectivity index (χ0) is 19.7. The van der Waals surface area contributed by atoms with Crippen LogP contribution in [0.25, 0.3) is 22.3 Å². The summed E-state index contributed by atoms with van der Waals surface area (Å²) in [6.45, 7) is 9.07. The fraction of sp³-hybridized carbons (Fsp3) is 0.200. The van der Waals surface area contributed by atoms with Crippen molar-refractivity contribution in [1.82, 2.24) is 15.0 Å². The second-order valence-corrected chi connectivity index (χ2v) is 6.29. The zero-order valence-corrected chi connectivity index (χ0v) is 15.4. The predicted molar refractivity (Wildman–Crippen MR) is 104 cm³/mol. The van der Waals surface area contributed by atoms with E-state index in [4.69, 9.17) is 0 Å². The van der Waals surface area contributed by atoms with E-state index in [0.29, 0.717) is 40.2 Å². The summed E-state index contributed by atoms with van der Waals surface area (Å²) in [6, 6.07) is 5.43. The van der Waals surface area contributed by atoms with E-state index in [2.05, 4.69) is 26.8 Å². The van der Waals surface area contributed by atoms with Crippen molar-refractivity contribution in [2.45, 2.75) is 27.2 Å². The molecule has 3 aromatic rings. The largest absolute Gasteiger partial charge is 0.478 e. The van der Waals surface area contributed by atoms with Gasteiger partial charge in [0, 0.05) is 29.4 Å². The fourth-order valence-corrected chi connectivity index (χ4v) is 2.86. The number of nitrogens with one attached hydrogen (secondary N) is 2. The Bertz CT molecular complexity index is 1080. The molecule has 0 radical (unpaired) electrons. The lowest BCUT2D eigenvalue weighted by molar-refractivity contribution is -0.112. The number of carboxylic acids is 1. The van der Waals surface area contributed by atoms with E-state index in [0.717, 1.165) is 11.1 Å². The number of amides is 1. The minimum absolute atomic E-state index is 0.110. The van der Waals surface area contributed by atoms with Gasteiger partial charge in [0.25, 0.3) is 5.91 Å². The van der Waals surface area contributed by atoms with E-state index in [-0.39, 0.29) is 11.5 Å². The Morgan fingerprint density at radius 1 is 1.30 bits per heavy atom. The highest BCUT2D eigenvalue weighted by Gasteiger charge is 2.20. The summed E-state index contributed by atoms with van der Waals surface area (Å²) in [6.07, 6.45) is 2.03. The molecule has 0 bridgehead atoms. The molecule has 3 N–H and O–H groups in total. The summed E-state index contributed by atoms with van der Waals surface area (Å²) in [5, 5.41) is 12.8. The molecule has 0 aliphatic rings. The Kier molecular flexibility index (Phi) is 4.77. The molecular weight excluding hydrogens is 344 g/mol. The molecule has 138 valence electrons. The molecule has 0 saturated carbocycles. The molecule has 27 heavy (non-hydrogen) atoms. The maximum atomic E-state index is 12.0. The van der Waals surface area contributed by atoms with Gasteiger partial charge in [-0.15, -0.1) is 0 Å². The Balaban J connectivity index is 2.26. The van der Waals surface area contributed by atoms with Gasteiger partial charge in [0.05, 0.1) is 16.6 Å². The molecule has 2 heterocycles. The van der Waals surface area contributed by atoms with Crippen molar-refractivity contribution in [2.24, 2.45) is 0 Å². The smallest absolute Gasteiger partial charge is 0.338 e. The number of carboxylic acid groups (broad SMARTS) is 1. The lowest BCUT2D eigenvalue weighted by Crippen LogP contribution is -2.13. The maximum Gasteiger partial charge on any atom is 0.338 e. The van der Waals surface area contributed by atoms with Crippen molar-refractivity contribution in [1.29, 1.82) is 0 Å². The summed E-state index contributed by atoms with van der Waals surface area (Å²) in [7, 11) is 0. The van der Waals surface area contributed by atoms with Gasteiger partial charge < -0.3 is 15.4 Å². The number of aromatic nitrogens is 3. The highest BCUT2D eigenvalue weighted by atomic mass is 16.4. The third-order valence-electron chi connectivity index (χ3n) is 4.35. The Morgan fingerprint density at radius 3 is 2.67 bits per heavy atom. The van der Waals surface area contributed by atoms with Crippen LogP contribution in [0.15, 0.2) is 36.5 Å². The number of H-pyrrole nitrogens is 1. The zero-order valence-electron chi connectivity index (χ0n) is 15.4. The third kappa shape index (κ3) is 3.31. The molecule has 1 amide bonds. The van der Waals surface area contributed by atoms with Crippen LogP contribution < -0.4 is 5.32 Å². The number of aromatic carboxylic acids is 1. The molecule has 2 aromatic heterocycles. The number of carbonyl (C=O) groups excluding carboxylic acids is 1. The predicted octanol–water partition coefficient (Wildman–Crippen LogP) is 3.71. The number of hydrogen-bond donors (Lipinski definition) is 3. The summed E-state index contributed by atoms with van der Waals surface area (Å²) in [5.74, 6) is -0.725. The molecular formula is C20H20N4O3. The molecule has 0 aliphatic heterocycles. The van der Waals surface area contributed by atoms with Gasteiger partial charge in [-0.05, 0) is 25.5 Å². The normalized spacial score (nSPS) is 10.8. The van der Waals surface area contributed by atoms with Crippen molar-refractivity contribution in [3.8, 4) is 11.3 Å². The van der Waals surface area contributed by atoms with Crippen LogP contribution in [-0.2, 0) is 11.2 Å². The van der Waals surface area contributed by atoms with Crippen LogP contribution in [-0.4, -0.2) is 31.9 Å². The van der Waals surface area contributed by atoms with Gasteiger partial charge in [0.2, 0.25) is 0 Å². The average Bonchev–Trinajstić information content (AvgIpc) is 3.06. The van der Waals surface area contributed by atoms with Crippen molar-refractivity contribution in [3.05, 3.63) is 53.5 Å². The van der Waals surface area contributed by atoms with Crippen LogP contribution in [0.3, 0.4) is 0 Å².